The maximum atomic E-state index is 15.3. The normalized spacial score (nSPS) is 15.2. The largest absolute Gasteiger partial charge is 0.466 e. The summed E-state index contributed by atoms with van der Waals surface area (Å²) >= 11 is 0. The van der Waals surface area contributed by atoms with Gasteiger partial charge in [0, 0.05) is 42.0 Å². The SMILES string of the molecule is COC(=O)C1=C(C)NC(C)=C(C(=O)OCC=Cc2ccc(Cn3ccnc3)cc2)C1c1cccc([N+](=O)[O-])c1F. The first-order valence-electron chi connectivity index (χ1n) is 12.3. The van der Waals surface area contributed by atoms with Gasteiger partial charge in [-0.25, -0.2) is 14.6 Å². The molecule has 0 aliphatic carbocycles. The van der Waals surface area contributed by atoms with Crippen molar-refractivity contribution in [1.29, 1.82) is 0 Å². The second-order valence-corrected chi connectivity index (χ2v) is 9.04. The number of hydrogen-bond donors (Lipinski definition) is 1. The van der Waals surface area contributed by atoms with Crippen LogP contribution < -0.4 is 5.32 Å². The van der Waals surface area contributed by atoms with Crippen LogP contribution in [0.1, 0.15) is 36.5 Å². The van der Waals surface area contributed by atoms with Gasteiger partial charge in [0.25, 0.3) is 0 Å². The Balaban J connectivity index is 1.54. The van der Waals surface area contributed by atoms with Gasteiger partial charge in [0.1, 0.15) is 6.61 Å². The van der Waals surface area contributed by atoms with E-state index in [2.05, 4.69) is 10.3 Å². The molecule has 1 aliphatic rings. The number of methoxy groups -OCH3 is 1. The molecule has 0 fully saturated rings. The molecule has 1 aromatic heterocycles. The molecule has 1 atom stereocenters. The van der Waals surface area contributed by atoms with Gasteiger partial charge < -0.3 is 19.4 Å². The Morgan fingerprint density at radius 3 is 2.45 bits per heavy atom. The number of benzene rings is 2. The second kappa shape index (κ2) is 12.2. The molecule has 40 heavy (non-hydrogen) atoms. The lowest BCUT2D eigenvalue weighted by molar-refractivity contribution is -0.387. The number of nitrogens with zero attached hydrogens (tertiary/aromatic N) is 3. The molecule has 11 heteroatoms. The van der Waals surface area contributed by atoms with E-state index in [1.807, 2.05) is 35.0 Å². The van der Waals surface area contributed by atoms with E-state index in [0.717, 1.165) is 24.3 Å². The van der Waals surface area contributed by atoms with Gasteiger partial charge >= 0.3 is 17.6 Å². The summed E-state index contributed by atoms with van der Waals surface area (Å²) in [5, 5.41) is 14.3. The number of nitro groups is 1. The Labute approximate surface area is 229 Å². The van der Waals surface area contributed by atoms with Crippen LogP contribution in [0, 0.1) is 15.9 Å². The molecule has 2 aromatic carbocycles. The highest BCUT2D eigenvalue weighted by atomic mass is 19.1. The van der Waals surface area contributed by atoms with Crippen LogP contribution in [0.15, 0.2) is 89.8 Å². The van der Waals surface area contributed by atoms with Crippen molar-refractivity contribution in [2.45, 2.75) is 26.3 Å². The molecule has 0 amide bonds. The minimum atomic E-state index is -1.28. The van der Waals surface area contributed by atoms with E-state index in [1.54, 1.807) is 38.5 Å². The van der Waals surface area contributed by atoms with Crippen molar-refractivity contribution in [3.63, 3.8) is 0 Å². The minimum Gasteiger partial charge on any atom is -0.466 e. The van der Waals surface area contributed by atoms with E-state index < -0.39 is 34.3 Å². The number of dihydropyridines is 1. The van der Waals surface area contributed by atoms with E-state index in [0.29, 0.717) is 17.9 Å². The predicted octanol–water partition coefficient (Wildman–Crippen LogP) is 4.64. The van der Waals surface area contributed by atoms with Gasteiger partial charge in [-0.2, -0.15) is 4.39 Å². The molecule has 10 nitrogen and oxygen atoms in total. The van der Waals surface area contributed by atoms with Gasteiger partial charge in [0.2, 0.25) is 5.82 Å². The first-order chi connectivity index (χ1) is 19.2. The fourth-order valence-corrected chi connectivity index (χ4v) is 4.57. The first-order valence-corrected chi connectivity index (χ1v) is 12.3. The van der Waals surface area contributed by atoms with Crippen molar-refractivity contribution in [2.24, 2.45) is 0 Å². The number of carbonyl (C=O) groups excluding carboxylic acids is 2. The van der Waals surface area contributed by atoms with Crippen molar-refractivity contribution in [3.05, 3.63) is 122 Å². The van der Waals surface area contributed by atoms with Crippen LogP contribution in [-0.4, -0.2) is 40.1 Å². The van der Waals surface area contributed by atoms with Gasteiger partial charge in [-0.3, -0.25) is 10.1 Å². The molecule has 1 N–H and O–H groups in total. The van der Waals surface area contributed by atoms with Gasteiger partial charge in [0.05, 0.1) is 35.4 Å². The molecule has 1 unspecified atom stereocenters. The summed E-state index contributed by atoms with van der Waals surface area (Å²) in [5.74, 6) is -4.05. The lowest BCUT2D eigenvalue weighted by Crippen LogP contribution is -2.32. The summed E-state index contributed by atoms with van der Waals surface area (Å²) in [7, 11) is 1.15. The van der Waals surface area contributed by atoms with E-state index in [9.17, 15) is 19.7 Å². The summed E-state index contributed by atoms with van der Waals surface area (Å²) in [4.78, 5) is 40.6. The minimum absolute atomic E-state index is 0.0502. The second-order valence-electron chi connectivity index (χ2n) is 9.04. The predicted molar refractivity (Wildman–Crippen MR) is 144 cm³/mol. The van der Waals surface area contributed by atoms with Crippen LogP contribution in [0.5, 0.6) is 0 Å². The van der Waals surface area contributed by atoms with Crippen LogP contribution >= 0.6 is 0 Å². The van der Waals surface area contributed by atoms with Crippen molar-refractivity contribution < 1.29 is 28.4 Å². The zero-order valence-corrected chi connectivity index (χ0v) is 22.1. The third-order valence-electron chi connectivity index (χ3n) is 6.43. The van der Waals surface area contributed by atoms with Crippen molar-refractivity contribution >= 4 is 23.7 Å². The topological polar surface area (TPSA) is 126 Å². The molecule has 0 saturated carbocycles. The molecular weight excluding hydrogens is 519 g/mol. The summed E-state index contributed by atoms with van der Waals surface area (Å²) in [5.41, 5.74) is 1.54. The zero-order chi connectivity index (χ0) is 28.8. The first kappa shape index (κ1) is 28.0. The van der Waals surface area contributed by atoms with Gasteiger partial charge in [-0.05, 0) is 31.1 Å². The van der Waals surface area contributed by atoms with E-state index in [-0.39, 0.29) is 23.3 Å². The number of nitrogens with one attached hydrogen (secondary N) is 1. The number of aromatic nitrogens is 2. The summed E-state index contributed by atoms with van der Waals surface area (Å²) in [6.45, 7) is 3.74. The van der Waals surface area contributed by atoms with Crippen molar-refractivity contribution in [1.82, 2.24) is 14.9 Å². The number of allylic oxidation sites excluding steroid dienone is 2. The third kappa shape index (κ3) is 5.98. The van der Waals surface area contributed by atoms with E-state index >= 15 is 4.39 Å². The summed E-state index contributed by atoms with van der Waals surface area (Å²) in [6.07, 6.45) is 8.78. The molecule has 0 saturated heterocycles. The smallest absolute Gasteiger partial charge is 0.337 e. The van der Waals surface area contributed by atoms with Crippen LogP contribution in [0.3, 0.4) is 0 Å². The number of hydrogen-bond acceptors (Lipinski definition) is 8. The molecule has 1 aliphatic heterocycles. The van der Waals surface area contributed by atoms with Crippen molar-refractivity contribution in [2.75, 3.05) is 13.7 Å². The zero-order valence-electron chi connectivity index (χ0n) is 22.1. The number of esters is 2. The quantitative estimate of drug-likeness (QED) is 0.234. The standard InChI is InChI=1S/C29H27FN4O6/c1-18-24(28(35)39-3)26(22-7-4-8-23(27(22)30)34(37)38)25(19(2)32-18)29(36)40-15-5-6-20-9-11-21(12-10-20)16-33-14-13-31-17-33/h4-14,17,26,32H,15-16H2,1-3H3. The molecule has 0 radical (unpaired) electrons. The molecular formula is C29H27FN4O6. The molecule has 4 rings (SSSR count). The van der Waals surface area contributed by atoms with Crippen LogP contribution in [0.2, 0.25) is 0 Å². The Hall–Kier alpha value is -5.06. The molecule has 206 valence electrons. The average Bonchev–Trinajstić information content (AvgIpc) is 3.44. The highest BCUT2D eigenvalue weighted by Gasteiger charge is 2.40. The molecule has 3 aromatic rings. The lowest BCUT2D eigenvalue weighted by atomic mass is 9.80. The van der Waals surface area contributed by atoms with Crippen molar-refractivity contribution in [3.8, 4) is 0 Å². The molecule has 2 heterocycles. The number of imidazole rings is 1. The average molecular weight is 547 g/mol. The Bertz CT molecular complexity index is 1520. The monoisotopic (exact) mass is 546 g/mol. The van der Waals surface area contributed by atoms with E-state index in [1.165, 1.54) is 12.1 Å². The van der Waals surface area contributed by atoms with Crippen LogP contribution in [0.25, 0.3) is 6.08 Å². The number of ether oxygens (including phenoxy) is 2. The summed E-state index contributed by atoms with van der Waals surface area (Å²) < 4.78 is 27.7. The maximum absolute atomic E-state index is 15.3. The number of rotatable bonds is 9. The fraction of sp³-hybridized carbons (Fsp3) is 0.207. The third-order valence-corrected chi connectivity index (χ3v) is 6.43. The van der Waals surface area contributed by atoms with Crippen LogP contribution in [0.4, 0.5) is 10.1 Å². The van der Waals surface area contributed by atoms with Gasteiger partial charge in [0.15, 0.2) is 0 Å². The lowest BCUT2D eigenvalue weighted by Gasteiger charge is -2.30. The Kier molecular flexibility index (Phi) is 8.53. The van der Waals surface area contributed by atoms with Gasteiger partial charge in [-0.1, -0.05) is 42.5 Å². The number of halogens is 1. The fourth-order valence-electron chi connectivity index (χ4n) is 4.57. The highest BCUT2D eigenvalue weighted by molar-refractivity contribution is 6.00. The Morgan fingerprint density at radius 2 is 1.82 bits per heavy atom. The number of nitro benzene ring substituents is 1. The highest BCUT2D eigenvalue weighted by Crippen LogP contribution is 2.41. The van der Waals surface area contributed by atoms with Crippen LogP contribution in [-0.2, 0) is 25.6 Å². The maximum Gasteiger partial charge on any atom is 0.337 e. The Morgan fingerprint density at radius 1 is 1.12 bits per heavy atom. The van der Waals surface area contributed by atoms with Gasteiger partial charge in [-0.15, -0.1) is 0 Å². The number of carbonyl (C=O) groups is 2. The molecule has 0 bridgehead atoms. The summed E-state index contributed by atoms with van der Waals surface area (Å²) in [6, 6.07) is 11.4. The molecule has 0 spiro atoms. The van der Waals surface area contributed by atoms with E-state index in [4.69, 9.17) is 9.47 Å².